The van der Waals surface area contributed by atoms with Gasteiger partial charge in [0.05, 0.1) is 10.2 Å². The summed E-state index contributed by atoms with van der Waals surface area (Å²) in [6.45, 7) is 9.74. The SMILES string of the molecule is CC(=O)c1c(C)[nH]c(C(=O)C(C)OC(=O)c2c(C)oc(C)c2Br)c1C. The number of hydrogen-bond donors (Lipinski definition) is 1. The molecule has 0 bridgehead atoms. The van der Waals surface area contributed by atoms with E-state index in [1.165, 1.54) is 13.8 Å². The average molecular weight is 410 g/mol. The van der Waals surface area contributed by atoms with Gasteiger partial charge in [0.15, 0.2) is 11.9 Å². The predicted molar refractivity (Wildman–Crippen MR) is 95.4 cm³/mol. The standard InChI is InChI=1S/C18H20BrNO5/c1-7-13(9(3)21)8(2)20-16(7)17(22)12(6)25-18(23)14-10(4)24-11(5)15(14)19/h12,20H,1-6H3. The van der Waals surface area contributed by atoms with Gasteiger partial charge in [-0.15, -0.1) is 0 Å². The van der Waals surface area contributed by atoms with Crippen LogP contribution in [-0.2, 0) is 4.74 Å². The first-order valence-electron chi connectivity index (χ1n) is 7.77. The maximum Gasteiger partial charge on any atom is 0.343 e. The highest BCUT2D eigenvalue weighted by Crippen LogP contribution is 2.28. The quantitative estimate of drug-likeness (QED) is 0.589. The summed E-state index contributed by atoms with van der Waals surface area (Å²) in [5, 5.41) is 0. The van der Waals surface area contributed by atoms with Gasteiger partial charge >= 0.3 is 5.97 Å². The average Bonchev–Trinajstić information content (AvgIpc) is 2.93. The summed E-state index contributed by atoms with van der Waals surface area (Å²) in [4.78, 5) is 39.6. The number of nitrogens with one attached hydrogen (secondary N) is 1. The van der Waals surface area contributed by atoms with Crippen LogP contribution >= 0.6 is 15.9 Å². The van der Waals surface area contributed by atoms with Crippen molar-refractivity contribution < 1.29 is 23.5 Å². The molecule has 25 heavy (non-hydrogen) atoms. The van der Waals surface area contributed by atoms with E-state index in [0.717, 1.165) is 0 Å². The van der Waals surface area contributed by atoms with E-state index in [-0.39, 0.29) is 17.0 Å². The van der Waals surface area contributed by atoms with E-state index >= 15 is 0 Å². The Kier molecular flexibility index (Phi) is 5.37. The molecule has 6 nitrogen and oxygen atoms in total. The molecule has 2 aromatic rings. The molecule has 0 aliphatic heterocycles. The third-order valence-electron chi connectivity index (χ3n) is 4.08. The lowest BCUT2D eigenvalue weighted by molar-refractivity contribution is 0.0314. The van der Waals surface area contributed by atoms with Crippen molar-refractivity contribution in [3.63, 3.8) is 0 Å². The number of ketones is 2. The first kappa shape index (κ1) is 19.2. The highest BCUT2D eigenvalue weighted by molar-refractivity contribution is 9.10. The van der Waals surface area contributed by atoms with Gasteiger partial charge in [0, 0.05) is 11.3 Å². The van der Waals surface area contributed by atoms with E-state index in [9.17, 15) is 14.4 Å². The zero-order valence-corrected chi connectivity index (χ0v) is 16.6. The van der Waals surface area contributed by atoms with E-state index in [0.29, 0.717) is 32.8 Å². The van der Waals surface area contributed by atoms with E-state index in [2.05, 4.69) is 20.9 Å². The largest absolute Gasteiger partial charge is 0.465 e. The molecule has 2 heterocycles. The van der Waals surface area contributed by atoms with Crippen molar-refractivity contribution in [3.8, 4) is 0 Å². The second-order valence-corrected chi connectivity index (χ2v) is 6.79. The van der Waals surface area contributed by atoms with Crippen LogP contribution in [0, 0.1) is 27.7 Å². The molecular formula is C18H20BrNO5. The third kappa shape index (κ3) is 3.46. The van der Waals surface area contributed by atoms with E-state index in [1.807, 2.05) is 0 Å². The number of esters is 1. The first-order chi connectivity index (χ1) is 11.6. The van der Waals surface area contributed by atoms with Crippen LogP contribution in [-0.4, -0.2) is 28.6 Å². The zero-order chi connectivity index (χ0) is 19.0. The molecule has 0 fully saturated rings. The molecule has 0 saturated carbocycles. The summed E-state index contributed by atoms with van der Waals surface area (Å²) in [6, 6.07) is 0. The number of Topliss-reactive ketones (excluding diaryl/α,β-unsaturated/α-hetero) is 2. The number of rotatable bonds is 5. The Bertz CT molecular complexity index is 875. The summed E-state index contributed by atoms with van der Waals surface area (Å²) in [5.74, 6) is -0.182. The minimum atomic E-state index is -1.01. The number of aromatic amines is 1. The van der Waals surface area contributed by atoms with Crippen LogP contribution in [0.15, 0.2) is 8.89 Å². The van der Waals surface area contributed by atoms with Gasteiger partial charge in [0.1, 0.15) is 17.1 Å². The van der Waals surface area contributed by atoms with Crippen LogP contribution in [0.3, 0.4) is 0 Å². The number of aromatic nitrogens is 1. The highest BCUT2D eigenvalue weighted by atomic mass is 79.9. The minimum Gasteiger partial charge on any atom is -0.465 e. The lowest BCUT2D eigenvalue weighted by Gasteiger charge is -2.12. The molecular weight excluding hydrogens is 390 g/mol. The smallest absolute Gasteiger partial charge is 0.343 e. The summed E-state index contributed by atoms with van der Waals surface area (Å²) < 4.78 is 11.2. The number of ether oxygens (including phenoxy) is 1. The van der Waals surface area contributed by atoms with Crippen molar-refractivity contribution in [1.82, 2.24) is 4.98 Å². The fourth-order valence-electron chi connectivity index (χ4n) is 2.89. The summed E-state index contributed by atoms with van der Waals surface area (Å²) in [6.07, 6.45) is -1.01. The van der Waals surface area contributed by atoms with Crippen molar-refractivity contribution in [2.45, 2.75) is 47.6 Å². The second kappa shape index (κ2) is 7.00. The number of furan rings is 1. The molecule has 2 aromatic heterocycles. The van der Waals surface area contributed by atoms with Crippen LogP contribution in [0.25, 0.3) is 0 Å². The third-order valence-corrected chi connectivity index (χ3v) is 5.03. The number of carbonyl (C=O) groups is 3. The normalized spacial score (nSPS) is 12.1. The van der Waals surface area contributed by atoms with Gasteiger partial charge in [-0.05, 0) is 63.0 Å². The summed E-state index contributed by atoms with van der Waals surface area (Å²) in [7, 11) is 0. The van der Waals surface area contributed by atoms with Crippen LogP contribution in [0.1, 0.15) is 67.8 Å². The van der Waals surface area contributed by atoms with Crippen molar-refractivity contribution in [1.29, 1.82) is 0 Å². The maximum absolute atomic E-state index is 12.6. The molecule has 1 unspecified atom stereocenters. The molecule has 0 amide bonds. The Morgan fingerprint density at radius 1 is 1.08 bits per heavy atom. The first-order valence-corrected chi connectivity index (χ1v) is 8.56. The van der Waals surface area contributed by atoms with Gasteiger partial charge in [-0.2, -0.15) is 0 Å². The number of aryl methyl sites for hydroxylation is 3. The topological polar surface area (TPSA) is 89.4 Å². The highest BCUT2D eigenvalue weighted by Gasteiger charge is 2.28. The van der Waals surface area contributed by atoms with Gasteiger partial charge in [0.25, 0.3) is 0 Å². The van der Waals surface area contributed by atoms with Gasteiger partial charge < -0.3 is 14.1 Å². The number of hydrogen-bond acceptors (Lipinski definition) is 5. The monoisotopic (exact) mass is 409 g/mol. The Labute approximate surface area is 154 Å². The fraction of sp³-hybridized carbons (Fsp3) is 0.389. The molecule has 0 radical (unpaired) electrons. The van der Waals surface area contributed by atoms with E-state index < -0.39 is 17.9 Å². The van der Waals surface area contributed by atoms with Gasteiger partial charge in [-0.25, -0.2) is 4.79 Å². The van der Waals surface area contributed by atoms with E-state index in [4.69, 9.17) is 9.15 Å². The lowest BCUT2D eigenvalue weighted by atomic mass is 10.0. The van der Waals surface area contributed by atoms with Crippen LogP contribution in [0.2, 0.25) is 0 Å². The van der Waals surface area contributed by atoms with E-state index in [1.54, 1.807) is 27.7 Å². The lowest BCUT2D eigenvalue weighted by Crippen LogP contribution is -2.25. The van der Waals surface area contributed by atoms with Crippen molar-refractivity contribution in [2.24, 2.45) is 0 Å². The second-order valence-electron chi connectivity index (χ2n) is 6.00. The Hall–Kier alpha value is -2.15. The number of halogens is 1. The molecule has 0 aliphatic carbocycles. The predicted octanol–water partition coefficient (Wildman–Crippen LogP) is 4.23. The minimum absolute atomic E-state index is 0.122. The molecule has 1 atom stereocenters. The number of carbonyl (C=O) groups excluding carboxylic acids is 3. The van der Waals surface area contributed by atoms with Crippen molar-refractivity contribution in [2.75, 3.05) is 0 Å². The fourth-order valence-corrected chi connectivity index (χ4v) is 3.41. The van der Waals surface area contributed by atoms with Crippen molar-refractivity contribution >= 4 is 33.5 Å². The maximum atomic E-state index is 12.6. The Morgan fingerprint density at radius 3 is 2.12 bits per heavy atom. The van der Waals surface area contributed by atoms with Gasteiger partial charge in [-0.3, -0.25) is 9.59 Å². The molecule has 1 N–H and O–H groups in total. The molecule has 0 spiro atoms. The summed E-state index contributed by atoms with van der Waals surface area (Å²) >= 11 is 3.29. The molecule has 0 saturated heterocycles. The van der Waals surface area contributed by atoms with Crippen molar-refractivity contribution in [3.05, 3.63) is 44.1 Å². The summed E-state index contributed by atoms with van der Waals surface area (Å²) in [5.41, 5.74) is 2.22. The van der Waals surface area contributed by atoms with Crippen LogP contribution in [0.5, 0.6) is 0 Å². The van der Waals surface area contributed by atoms with Gasteiger partial charge in [-0.1, -0.05) is 0 Å². The Balaban J connectivity index is 2.25. The zero-order valence-electron chi connectivity index (χ0n) is 15.0. The molecule has 7 heteroatoms. The number of H-pyrrole nitrogens is 1. The van der Waals surface area contributed by atoms with Crippen LogP contribution < -0.4 is 0 Å². The molecule has 134 valence electrons. The van der Waals surface area contributed by atoms with Crippen LogP contribution in [0.4, 0.5) is 0 Å². The molecule has 0 aliphatic rings. The Morgan fingerprint density at radius 2 is 1.68 bits per heavy atom. The molecule has 0 aromatic carbocycles. The molecule has 2 rings (SSSR count). The van der Waals surface area contributed by atoms with Gasteiger partial charge in [0.2, 0.25) is 5.78 Å².